The summed E-state index contributed by atoms with van der Waals surface area (Å²) in [7, 11) is 0. The Morgan fingerprint density at radius 2 is 1.90 bits per heavy atom. The van der Waals surface area contributed by atoms with Gasteiger partial charge in [-0.15, -0.1) is 0 Å². The van der Waals surface area contributed by atoms with E-state index in [1.807, 2.05) is 29.0 Å². The Balaban J connectivity index is 1.68. The highest BCUT2D eigenvalue weighted by molar-refractivity contribution is 5.89. The molecule has 0 spiro atoms. The Labute approximate surface area is 169 Å². The zero-order chi connectivity index (χ0) is 20.5. The summed E-state index contributed by atoms with van der Waals surface area (Å²) in [5.41, 5.74) is 3.42. The summed E-state index contributed by atoms with van der Waals surface area (Å²) in [6, 6.07) is 13.5. The molecule has 0 amide bonds. The fraction of sp³-hybridized carbons (Fsp3) is 0.217. The van der Waals surface area contributed by atoms with Gasteiger partial charge in [0.25, 0.3) is 0 Å². The Bertz CT molecular complexity index is 933. The van der Waals surface area contributed by atoms with Crippen molar-refractivity contribution in [3.05, 3.63) is 95.3 Å². The number of halogens is 1. The zero-order valence-electron chi connectivity index (χ0n) is 16.3. The second-order valence-electron chi connectivity index (χ2n) is 6.50. The summed E-state index contributed by atoms with van der Waals surface area (Å²) in [5.74, 6) is -0.593. The SMILES string of the molecule is CCOC(=O)c1ccc(/C=C(\COCc2ccc(F)cc2)Cn2ccnc2)cc1. The first-order valence-corrected chi connectivity index (χ1v) is 9.38. The molecule has 2 aromatic carbocycles. The molecular formula is C23H23FN2O3. The molecule has 0 bridgehead atoms. The summed E-state index contributed by atoms with van der Waals surface area (Å²) in [5, 5.41) is 0. The predicted octanol–water partition coefficient (Wildman–Crippen LogP) is 4.50. The smallest absolute Gasteiger partial charge is 0.338 e. The van der Waals surface area contributed by atoms with Crippen LogP contribution in [0, 0.1) is 5.82 Å². The van der Waals surface area contributed by atoms with Crippen molar-refractivity contribution >= 4 is 12.0 Å². The van der Waals surface area contributed by atoms with Crippen molar-refractivity contribution in [2.75, 3.05) is 13.2 Å². The monoisotopic (exact) mass is 394 g/mol. The van der Waals surface area contributed by atoms with E-state index in [0.717, 1.165) is 16.7 Å². The summed E-state index contributed by atoms with van der Waals surface area (Å²) in [4.78, 5) is 15.9. The zero-order valence-corrected chi connectivity index (χ0v) is 16.3. The van der Waals surface area contributed by atoms with E-state index >= 15 is 0 Å². The highest BCUT2D eigenvalue weighted by Crippen LogP contribution is 2.13. The van der Waals surface area contributed by atoms with Crippen LogP contribution in [0.3, 0.4) is 0 Å². The van der Waals surface area contributed by atoms with E-state index < -0.39 is 0 Å². The number of rotatable bonds is 9. The van der Waals surface area contributed by atoms with Crippen LogP contribution in [0.2, 0.25) is 0 Å². The normalized spacial score (nSPS) is 11.4. The summed E-state index contributed by atoms with van der Waals surface area (Å²) in [6.45, 7) is 3.56. The predicted molar refractivity (Wildman–Crippen MR) is 109 cm³/mol. The molecule has 0 saturated heterocycles. The number of benzene rings is 2. The summed E-state index contributed by atoms with van der Waals surface area (Å²) >= 11 is 0. The van der Waals surface area contributed by atoms with Crippen LogP contribution in [0.1, 0.15) is 28.4 Å². The number of imidazole rings is 1. The van der Waals surface area contributed by atoms with E-state index in [1.54, 1.807) is 43.7 Å². The van der Waals surface area contributed by atoms with E-state index in [0.29, 0.717) is 31.9 Å². The van der Waals surface area contributed by atoms with Crippen LogP contribution in [-0.4, -0.2) is 28.7 Å². The number of hydrogen-bond acceptors (Lipinski definition) is 4. The number of aromatic nitrogens is 2. The highest BCUT2D eigenvalue weighted by Gasteiger charge is 2.06. The highest BCUT2D eigenvalue weighted by atomic mass is 19.1. The van der Waals surface area contributed by atoms with Crippen molar-refractivity contribution in [2.45, 2.75) is 20.1 Å². The first-order chi connectivity index (χ1) is 14.1. The van der Waals surface area contributed by atoms with Gasteiger partial charge in [0.2, 0.25) is 0 Å². The fourth-order valence-electron chi connectivity index (χ4n) is 2.79. The number of esters is 1. The van der Waals surface area contributed by atoms with Crippen molar-refractivity contribution in [1.82, 2.24) is 9.55 Å². The minimum atomic E-state index is -0.329. The van der Waals surface area contributed by atoms with Gasteiger partial charge in [0.05, 0.1) is 31.7 Å². The summed E-state index contributed by atoms with van der Waals surface area (Å²) < 4.78 is 25.8. The van der Waals surface area contributed by atoms with Crippen LogP contribution < -0.4 is 0 Å². The number of carbonyl (C=O) groups excluding carboxylic acids is 1. The van der Waals surface area contributed by atoms with Gasteiger partial charge in [0, 0.05) is 18.9 Å². The van der Waals surface area contributed by atoms with E-state index in [2.05, 4.69) is 4.98 Å². The van der Waals surface area contributed by atoms with Crippen LogP contribution in [0.25, 0.3) is 6.08 Å². The van der Waals surface area contributed by atoms with Crippen LogP contribution in [0.4, 0.5) is 4.39 Å². The molecule has 1 heterocycles. The first-order valence-electron chi connectivity index (χ1n) is 9.38. The van der Waals surface area contributed by atoms with E-state index in [4.69, 9.17) is 9.47 Å². The minimum Gasteiger partial charge on any atom is -0.462 e. The maximum absolute atomic E-state index is 13.0. The third kappa shape index (κ3) is 6.40. The van der Waals surface area contributed by atoms with Gasteiger partial charge in [0.15, 0.2) is 0 Å². The Morgan fingerprint density at radius 1 is 1.14 bits per heavy atom. The van der Waals surface area contributed by atoms with Gasteiger partial charge in [-0.05, 0) is 47.9 Å². The molecule has 0 unspecified atom stereocenters. The lowest BCUT2D eigenvalue weighted by Gasteiger charge is -2.11. The molecule has 1 aromatic heterocycles. The summed E-state index contributed by atoms with van der Waals surface area (Å²) in [6.07, 6.45) is 7.39. The molecule has 3 rings (SSSR count). The lowest BCUT2D eigenvalue weighted by Crippen LogP contribution is -2.06. The fourth-order valence-corrected chi connectivity index (χ4v) is 2.79. The molecule has 0 aliphatic rings. The first kappa shape index (κ1) is 20.5. The van der Waals surface area contributed by atoms with Gasteiger partial charge in [-0.1, -0.05) is 30.3 Å². The largest absolute Gasteiger partial charge is 0.462 e. The molecule has 0 atom stereocenters. The van der Waals surface area contributed by atoms with Crippen molar-refractivity contribution < 1.29 is 18.7 Å². The van der Waals surface area contributed by atoms with Gasteiger partial charge in [-0.25, -0.2) is 14.2 Å². The van der Waals surface area contributed by atoms with Crippen molar-refractivity contribution in [3.8, 4) is 0 Å². The van der Waals surface area contributed by atoms with Crippen molar-refractivity contribution in [2.24, 2.45) is 0 Å². The van der Waals surface area contributed by atoms with Gasteiger partial charge in [-0.2, -0.15) is 0 Å². The second-order valence-corrected chi connectivity index (χ2v) is 6.50. The van der Waals surface area contributed by atoms with E-state index in [9.17, 15) is 9.18 Å². The van der Waals surface area contributed by atoms with Crippen LogP contribution in [-0.2, 0) is 22.6 Å². The Morgan fingerprint density at radius 3 is 2.55 bits per heavy atom. The molecule has 150 valence electrons. The second kappa shape index (κ2) is 10.3. The van der Waals surface area contributed by atoms with Gasteiger partial charge < -0.3 is 14.0 Å². The quantitative estimate of drug-likeness (QED) is 0.502. The average Bonchev–Trinajstić information content (AvgIpc) is 3.23. The molecule has 0 fully saturated rings. The number of ether oxygens (including phenoxy) is 2. The van der Waals surface area contributed by atoms with Gasteiger partial charge >= 0.3 is 5.97 Å². The molecule has 0 saturated carbocycles. The lowest BCUT2D eigenvalue weighted by atomic mass is 10.1. The van der Waals surface area contributed by atoms with Crippen molar-refractivity contribution in [1.29, 1.82) is 0 Å². The number of nitrogens with zero attached hydrogens (tertiary/aromatic N) is 2. The maximum atomic E-state index is 13.0. The molecule has 0 aliphatic heterocycles. The maximum Gasteiger partial charge on any atom is 0.338 e. The lowest BCUT2D eigenvalue weighted by molar-refractivity contribution is 0.0526. The van der Waals surface area contributed by atoms with Crippen LogP contribution >= 0.6 is 0 Å². The Hall–Kier alpha value is -3.25. The molecule has 0 radical (unpaired) electrons. The third-order valence-corrected chi connectivity index (χ3v) is 4.21. The number of hydrogen-bond donors (Lipinski definition) is 0. The van der Waals surface area contributed by atoms with Gasteiger partial charge in [-0.3, -0.25) is 0 Å². The molecule has 0 aliphatic carbocycles. The molecule has 0 N–H and O–H groups in total. The van der Waals surface area contributed by atoms with Gasteiger partial charge in [0.1, 0.15) is 5.82 Å². The number of carbonyl (C=O) groups is 1. The van der Waals surface area contributed by atoms with E-state index in [1.165, 1.54) is 12.1 Å². The molecular weight excluding hydrogens is 371 g/mol. The molecule has 6 heteroatoms. The van der Waals surface area contributed by atoms with Crippen LogP contribution in [0.15, 0.2) is 72.8 Å². The van der Waals surface area contributed by atoms with Crippen molar-refractivity contribution in [3.63, 3.8) is 0 Å². The molecule has 29 heavy (non-hydrogen) atoms. The minimum absolute atomic E-state index is 0.263. The third-order valence-electron chi connectivity index (χ3n) is 4.21. The Kier molecular flexibility index (Phi) is 7.30. The molecule has 5 nitrogen and oxygen atoms in total. The average molecular weight is 394 g/mol. The molecule has 3 aromatic rings. The topological polar surface area (TPSA) is 53.4 Å². The van der Waals surface area contributed by atoms with Crippen LogP contribution in [0.5, 0.6) is 0 Å². The standard InChI is InChI=1S/C23H23FN2O3/c1-2-29-23(27)21-7-3-18(4-8-21)13-20(14-26-12-11-25-17-26)16-28-15-19-5-9-22(24)10-6-19/h3-13,17H,2,14-16H2,1H3/b20-13-. The van der Waals surface area contributed by atoms with E-state index in [-0.39, 0.29) is 11.8 Å².